The van der Waals surface area contributed by atoms with Gasteiger partial charge in [-0.15, -0.1) is 0 Å². The summed E-state index contributed by atoms with van der Waals surface area (Å²) in [6.45, 7) is 0. The monoisotopic (exact) mass is 117 g/mol. The van der Waals surface area contributed by atoms with E-state index in [4.69, 9.17) is 5.41 Å². The van der Waals surface area contributed by atoms with Crippen molar-refractivity contribution in [1.82, 2.24) is 0 Å². The van der Waals surface area contributed by atoms with E-state index in [1.165, 1.54) is 10.3 Å². The topological polar surface area (TPSA) is 23.9 Å². The predicted molar refractivity (Wildman–Crippen MR) is 28.1 cm³/mol. The van der Waals surface area contributed by atoms with Crippen molar-refractivity contribution in [1.29, 1.82) is 5.41 Å². The zero-order valence-corrected chi connectivity index (χ0v) is 4.60. The Morgan fingerprint density at radius 2 is 2.50 bits per heavy atom. The van der Waals surface area contributed by atoms with Gasteiger partial charge in [-0.1, -0.05) is 20.7 Å². The lowest BCUT2D eigenvalue weighted by atomic mass is 10.8. The van der Waals surface area contributed by atoms with Gasteiger partial charge < -0.3 is 0 Å². The third kappa shape index (κ3) is 0.666. The van der Waals surface area contributed by atoms with E-state index in [1.54, 1.807) is 16.4 Å². The average molecular weight is 117 g/mol. The average Bonchev–Trinajstić information content (AvgIpc) is 1.86. The molecule has 1 N–H and O–H groups in total. The summed E-state index contributed by atoms with van der Waals surface area (Å²) >= 11 is 0. The molecule has 1 heterocycles. The first kappa shape index (κ1) is 4.02. The first-order valence-electron chi connectivity index (χ1n) is 1.48. The minimum atomic E-state index is 0.653. The molecule has 0 spiro atoms. The van der Waals surface area contributed by atoms with Gasteiger partial charge in [0.2, 0.25) is 0 Å². The summed E-state index contributed by atoms with van der Waals surface area (Å²) in [6, 6.07) is 1.79. The molecule has 32 valence electrons. The van der Waals surface area contributed by atoms with Crippen molar-refractivity contribution >= 4 is 20.7 Å². The molecule has 0 atom stereocenters. The molecule has 1 aromatic rings. The van der Waals surface area contributed by atoms with E-state index in [2.05, 4.69) is 0 Å². The molecule has 0 bridgehead atoms. The fraction of sp³-hybridized carbons (Fsp3) is 0. The van der Waals surface area contributed by atoms with Crippen LogP contribution in [0.2, 0.25) is 0 Å². The lowest BCUT2D eigenvalue weighted by molar-refractivity contribution is 1.36. The van der Waals surface area contributed by atoms with Crippen molar-refractivity contribution < 1.29 is 0 Å². The van der Waals surface area contributed by atoms with Gasteiger partial charge in [0.1, 0.15) is 4.67 Å². The van der Waals surface area contributed by atoms with E-state index in [0.29, 0.717) is 4.67 Å². The molecule has 1 aromatic heterocycles. The maximum absolute atomic E-state index is 6.90. The van der Waals surface area contributed by atoms with Crippen molar-refractivity contribution in [3.8, 4) is 0 Å². The molecule has 0 aliphatic rings. The molecule has 0 saturated heterocycles. The summed E-state index contributed by atoms with van der Waals surface area (Å²) in [6.07, 6.45) is 0. The highest BCUT2D eigenvalue weighted by Crippen LogP contribution is 1.95. The molecule has 0 aromatic carbocycles. The molecular formula is C3H3NS2. The zero-order valence-electron chi connectivity index (χ0n) is 2.97. The van der Waals surface area contributed by atoms with Crippen LogP contribution in [-0.2, 0) is 0 Å². The number of nitrogens with one attached hydrogen (secondary N) is 1. The van der Waals surface area contributed by atoms with Crippen LogP contribution in [0.15, 0.2) is 11.4 Å². The van der Waals surface area contributed by atoms with E-state index in [-0.39, 0.29) is 0 Å². The van der Waals surface area contributed by atoms with Crippen LogP contribution in [-0.4, -0.2) is 0 Å². The van der Waals surface area contributed by atoms with Gasteiger partial charge in [0.15, 0.2) is 0 Å². The first-order chi connectivity index (χ1) is 2.89. The molecule has 0 unspecified atom stereocenters. The summed E-state index contributed by atoms with van der Waals surface area (Å²) in [7, 11) is 3.08. The van der Waals surface area contributed by atoms with Gasteiger partial charge in [-0.2, -0.15) is 0 Å². The quantitative estimate of drug-likeness (QED) is 0.495. The van der Waals surface area contributed by atoms with Gasteiger partial charge in [0, 0.05) is 5.38 Å². The Bertz CT molecular complexity index is 147. The molecule has 0 aliphatic heterocycles. The first-order valence-corrected chi connectivity index (χ1v) is 3.69. The zero-order chi connectivity index (χ0) is 4.41. The van der Waals surface area contributed by atoms with Crippen LogP contribution >= 0.6 is 20.7 Å². The standard InChI is InChI=1S/C3H3NS2/c4-3-1-2-5-6-3/h1-2,4H. The lowest BCUT2D eigenvalue weighted by Crippen LogP contribution is -1.78. The second-order valence-corrected chi connectivity index (χ2v) is 3.00. The van der Waals surface area contributed by atoms with Gasteiger partial charge in [-0.25, -0.2) is 0 Å². The second-order valence-electron chi connectivity index (χ2n) is 0.847. The molecule has 0 radical (unpaired) electrons. The maximum Gasteiger partial charge on any atom is 0.118 e. The molecule has 0 fully saturated rings. The van der Waals surface area contributed by atoms with E-state index in [0.717, 1.165) is 0 Å². The largest absolute Gasteiger partial charge is 0.290 e. The highest BCUT2D eigenvalue weighted by Gasteiger charge is 1.70. The molecule has 3 heteroatoms. The Hall–Kier alpha value is -0.150. The Morgan fingerprint density at radius 3 is 2.67 bits per heavy atom. The molecule has 1 rings (SSSR count). The second kappa shape index (κ2) is 1.53. The minimum Gasteiger partial charge on any atom is -0.290 e. The molecule has 1 nitrogen and oxygen atoms in total. The van der Waals surface area contributed by atoms with Crippen molar-refractivity contribution in [3.05, 3.63) is 16.1 Å². The summed E-state index contributed by atoms with van der Waals surface area (Å²) in [5, 5.41) is 8.81. The third-order valence-electron chi connectivity index (χ3n) is 0.413. The SMILES string of the molecule is N=c1ccss1. The van der Waals surface area contributed by atoms with Crippen molar-refractivity contribution in [2.75, 3.05) is 0 Å². The van der Waals surface area contributed by atoms with Crippen LogP contribution < -0.4 is 4.67 Å². The Kier molecular flexibility index (Phi) is 1.03. The van der Waals surface area contributed by atoms with Gasteiger partial charge in [0.05, 0.1) is 0 Å². The van der Waals surface area contributed by atoms with Crippen molar-refractivity contribution in [2.24, 2.45) is 0 Å². The smallest absolute Gasteiger partial charge is 0.118 e. The molecule has 0 aliphatic carbocycles. The van der Waals surface area contributed by atoms with Gasteiger partial charge >= 0.3 is 0 Å². The third-order valence-corrected chi connectivity index (χ3v) is 2.23. The molecule has 6 heavy (non-hydrogen) atoms. The summed E-state index contributed by atoms with van der Waals surface area (Å²) in [5.41, 5.74) is 0. The predicted octanol–water partition coefficient (Wildman–Crippen LogP) is 1.29. The fourth-order valence-corrected chi connectivity index (χ4v) is 1.57. The highest BCUT2D eigenvalue weighted by molar-refractivity contribution is 7.67. The van der Waals surface area contributed by atoms with Gasteiger partial charge in [0.25, 0.3) is 0 Å². The number of hydrogen-bond acceptors (Lipinski definition) is 3. The normalized spacial score (nSPS) is 8.67. The van der Waals surface area contributed by atoms with Crippen molar-refractivity contribution in [3.63, 3.8) is 0 Å². The van der Waals surface area contributed by atoms with Gasteiger partial charge in [-0.05, 0) is 6.07 Å². The maximum atomic E-state index is 6.90. The van der Waals surface area contributed by atoms with Crippen LogP contribution in [0.25, 0.3) is 0 Å². The Morgan fingerprint density at radius 1 is 1.67 bits per heavy atom. The summed E-state index contributed by atoms with van der Waals surface area (Å²) < 4.78 is 0.653. The van der Waals surface area contributed by atoms with E-state index < -0.39 is 0 Å². The Balaban J connectivity index is 3.41. The van der Waals surface area contributed by atoms with Crippen molar-refractivity contribution in [2.45, 2.75) is 0 Å². The molecule has 0 saturated carbocycles. The van der Waals surface area contributed by atoms with Crippen LogP contribution in [0.4, 0.5) is 0 Å². The number of rotatable bonds is 0. The number of hydrogen-bond donors (Lipinski definition) is 1. The van der Waals surface area contributed by atoms with Crippen LogP contribution in [0, 0.1) is 5.41 Å². The lowest BCUT2D eigenvalue weighted by Gasteiger charge is -1.48. The van der Waals surface area contributed by atoms with Crippen LogP contribution in [0.3, 0.4) is 0 Å². The van der Waals surface area contributed by atoms with E-state index in [1.807, 2.05) is 5.38 Å². The van der Waals surface area contributed by atoms with E-state index >= 15 is 0 Å². The fourth-order valence-electron chi connectivity index (χ4n) is 0.197. The summed E-state index contributed by atoms with van der Waals surface area (Å²) in [4.78, 5) is 0. The Labute approximate surface area is 42.8 Å². The van der Waals surface area contributed by atoms with Crippen LogP contribution in [0.5, 0.6) is 0 Å². The molecular weight excluding hydrogens is 114 g/mol. The minimum absolute atomic E-state index is 0.653. The van der Waals surface area contributed by atoms with Gasteiger partial charge in [-0.3, -0.25) is 5.41 Å². The van der Waals surface area contributed by atoms with Crippen LogP contribution in [0.1, 0.15) is 0 Å². The molecule has 0 amide bonds. The highest BCUT2D eigenvalue weighted by atomic mass is 32.9. The van der Waals surface area contributed by atoms with E-state index in [9.17, 15) is 0 Å². The summed E-state index contributed by atoms with van der Waals surface area (Å²) in [5.74, 6) is 0.